The van der Waals surface area contributed by atoms with Crippen LogP contribution in [0.1, 0.15) is 25.8 Å². The fourth-order valence-corrected chi connectivity index (χ4v) is 2.64. The molecule has 2 rings (SSSR count). The molecule has 1 fully saturated rings. The summed E-state index contributed by atoms with van der Waals surface area (Å²) in [4.78, 5) is 2.75. The number of hydrogen-bond acceptors (Lipinski definition) is 2. The van der Waals surface area contributed by atoms with E-state index in [0.29, 0.717) is 15.4 Å². The Hall–Kier alpha value is -0.800. The van der Waals surface area contributed by atoms with E-state index in [9.17, 15) is 0 Å². The number of thiocarbonyl (C=S) groups is 1. The minimum Gasteiger partial charge on any atom is -0.389 e. The molecule has 0 atom stereocenters. The molecule has 1 aliphatic rings. The van der Waals surface area contributed by atoms with Gasteiger partial charge in [-0.2, -0.15) is 0 Å². The average molecular weight is 269 g/mol. The molecule has 2 nitrogen and oxygen atoms in total. The van der Waals surface area contributed by atoms with Crippen LogP contribution in [0, 0.1) is 5.41 Å². The van der Waals surface area contributed by atoms with Gasteiger partial charge in [0, 0.05) is 29.4 Å². The van der Waals surface area contributed by atoms with Gasteiger partial charge < -0.3 is 10.6 Å². The predicted molar refractivity (Wildman–Crippen MR) is 78.0 cm³/mol. The molecule has 0 aromatic heterocycles. The highest BCUT2D eigenvalue weighted by Crippen LogP contribution is 2.34. The maximum Gasteiger partial charge on any atom is 0.106 e. The molecule has 1 aromatic rings. The minimum absolute atomic E-state index is 0.354. The molecule has 0 aliphatic carbocycles. The molecule has 1 heterocycles. The Bertz CT molecular complexity index is 457. The van der Waals surface area contributed by atoms with Crippen LogP contribution < -0.4 is 10.6 Å². The number of nitrogens with two attached hydrogens (primary N) is 1. The first kappa shape index (κ1) is 12.7. The number of hydrogen-bond donors (Lipinski definition) is 1. The van der Waals surface area contributed by atoms with Gasteiger partial charge in [0.2, 0.25) is 0 Å². The van der Waals surface area contributed by atoms with Gasteiger partial charge in [0.15, 0.2) is 0 Å². The second kappa shape index (κ2) is 4.46. The summed E-state index contributed by atoms with van der Waals surface area (Å²) in [5, 5.41) is 0.676. The first-order valence-electron chi connectivity index (χ1n) is 5.73. The van der Waals surface area contributed by atoms with Crippen molar-refractivity contribution >= 4 is 34.5 Å². The number of benzene rings is 1. The average Bonchev–Trinajstić information content (AvgIpc) is 2.58. The highest BCUT2D eigenvalue weighted by Gasteiger charge is 2.30. The number of nitrogens with zero attached hydrogens (tertiary/aromatic N) is 1. The molecule has 92 valence electrons. The molecule has 0 amide bonds. The third-order valence-electron chi connectivity index (χ3n) is 3.24. The summed E-state index contributed by atoms with van der Waals surface area (Å²) in [5.41, 5.74) is 8.10. The number of rotatable bonds is 2. The lowest BCUT2D eigenvalue weighted by atomic mass is 9.93. The van der Waals surface area contributed by atoms with Gasteiger partial charge in [0.1, 0.15) is 4.99 Å². The summed E-state index contributed by atoms with van der Waals surface area (Å²) in [6.45, 7) is 6.64. The molecule has 17 heavy (non-hydrogen) atoms. The van der Waals surface area contributed by atoms with E-state index in [4.69, 9.17) is 29.6 Å². The fraction of sp³-hybridized carbons (Fsp3) is 0.462. The molecule has 0 bridgehead atoms. The lowest BCUT2D eigenvalue weighted by Gasteiger charge is -2.24. The zero-order valence-electron chi connectivity index (χ0n) is 10.2. The van der Waals surface area contributed by atoms with Crippen molar-refractivity contribution in [2.24, 2.45) is 11.1 Å². The standard InChI is InChI=1S/C13H17ClN2S/c1-13(2)5-6-16(8-13)11-4-3-9(14)7-10(11)12(15)17/h3-4,7H,5-6,8H2,1-2H3,(H2,15,17). The Morgan fingerprint density at radius 2 is 2.18 bits per heavy atom. The van der Waals surface area contributed by atoms with E-state index >= 15 is 0 Å². The van der Waals surface area contributed by atoms with Crippen LogP contribution in [-0.4, -0.2) is 18.1 Å². The third kappa shape index (κ3) is 2.72. The molecule has 4 heteroatoms. The Morgan fingerprint density at radius 1 is 1.47 bits per heavy atom. The van der Waals surface area contributed by atoms with E-state index in [1.54, 1.807) is 0 Å². The van der Waals surface area contributed by atoms with Crippen molar-refractivity contribution in [1.82, 2.24) is 0 Å². The minimum atomic E-state index is 0.354. The molecule has 1 aromatic carbocycles. The summed E-state index contributed by atoms with van der Waals surface area (Å²) in [6.07, 6.45) is 1.19. The second-order valence-corrected chi connectivity index (χ2v) is 6.24. The highest BCUT2D eigenvalue weighted by molar-refractivity contribution is 7.80. The fourth-order valence-electron chi connectivity index (χ4n) is 2.30. The van der Waals surface area contributed by atoms with Gasteiger partial charge >= 0.3 is 0 Å². The van der Waals surface area contributed by atoms with Crippen molar-refractivity contribution in [3.05, 3.63) is 28.8 Å². The summed E-state index contributed by atoms with van der Waals surface area (Å²) in [5.74, 6) is 0. The number of anilines is 1. The van der Waals surface area contributed by atoms with E-state index in [-0.39, 0.29) is 0 Å². The van der Waals surface area contributed by atoms with Crippen molar-refractivity contribution in [3.8, 4) is 0 Å². The van der Waals surface area contributed by atoms with E-state index in [1.165, 1.54) is 6.42 Å². The Labute approximate surface area is 113 Å². The van der Waals surface area contributed by atoms with Crippen molar-refractivity contribution in [2.75, 3.05) is 18.0 Å². The van der Waals surface area contributed by atoms with Crippen molar-refractivity contribution in [2.45, 2.75) is 20.3 Å². The van der Waals surface area contributed by atoms with Crippen LogP contribution in [-0.2, 0) is 0 Å². The van der Waals surface area contributed by atoms with Gasteiger partial charge in [0.25, 0.3) is 0 Å². The molecule has 2 N–H and O–H groups in total. The van der Waals surface area contributed by atoms with E-state index in [1.807, 2.05) is 18.2 Å². The zero-order chi connectivity index (χ0) is 12.6. The summed E-state index contributed by atoms with van der Waals surface area (Å²) >= 11 is 11.1. The molecule has 1 aliphatic heterocycles. The molecule has 0 radical (unpaired) electrons. The normalized spacial score (nSPS) is 18.4. The molecule has 0 saturated carbocycles. The van der Waals surface area contributed by atoms with E-state index < -0.39 is 0 Å². The lowest BCUT2D eigenvalue weighted by Crippen LogP contribution is -2.25. The first-order valence-corrected chi connectivity index (χ1v) is 6.52. The van der Waals surface area contributed by atoms with Gasteiger partial charge in [-0.1, -0.05) is 37.7 Å². The van der Waals surface area contributed by atoms with Gasteiger partial charge in [-0.05, 0) is 30.0 Å². The van der Waals surface area contributed by atoms with Gasteiger partial charge in [-0.25, -0.2) is 0 Å². The summed E-state index contributed by atoms with van der Waals surface area (Å²) in [7, 11) is 0. The van der Waals surface area contributed by atoms with Crippen molar-refractivity contribution < 1.29 is 0 Å². The Kier molecular flexibility index (Phi) is 3.32. The largest absolute Gasteiger partial charge is 0.389 e. The summed E-state index contributed by atoms with van der Waals surface area (Å²) in [6, 6.07) is 5.76. The monoisotopic (exact) mass is 268 g/mol. The zero-order valence-corrected chi connectivity index (χ0v) is 11.7. The Balaban J connectivity index is 2.36. The molecule has 0 unspecified atom stereocenters. The van der Waals surface area contributed by atoms with Gasteiger partial charge in [-0.15, -0.1) is 0 Å². The van der Waals surface area contributed by atoms with Crippen LogP contribution in [0.25, 0.3) is 0 Å². The van der Waals surface area contributed by atoms with Crippen LogP contribution in [0.3, 0.4) is 0 Å². The van der Waals surface area contributed by atoms with Crippen LogP contribution in [0.4, 0.5) is 5.69 Å². The molecule has 1 saturated heterocycles. The van der Waals surface area contributed by atoms with E-state index in [2.05, 4.69) is 18.7 Å². The van der Waals surface area contributed by atoms with Gasteiger partial charge in [-0.3, -0.25) is 0 Å². The molecular weight excluding hydrogens is 252 g/mol. The van der Waals surface area contributed by atoms with Crippen LogP contribution >= 0.6 is 23.8 Å². The first-order chi connectivity index (χ1) is 7.89. The third-order valence-corrected chi connectivity index (χ3v) is 3.70. The second-order valence-electron chi connectivity index (χ2n) is 5.36. The summed E-state index contributed by atoms with van der Waals surface area (Å²) < 4.78 is 0. The molecular formula is C13H17ClN2S. The number of halogens is 1. The smallest absolute Gasteiger partial charge is 0.106 e. The van der Waals surface area contributed by atoms with Crippen LogP contribution in [0.15, 0.2) is 18.2 Å². The van der Waals surface area contributed by atoms with E-state index in [0.717, 1.165) is 24.3 Å². The predicted octanol–water partition coefficient (Wildman–Crippen LogP) is 3.21. The quantitative estimate of drug-likeness (QED) is 0.836. The molecule has 0 spiro atoms. The topological polar surface area (TPSA) is 29.3 Å². The Morgan fingerprint density at radius 3 is 2.71 bits per heavy atom. The van der Waals surface area contributed by atoms with Crippen LogP contribution in [0.2, 0.25) is 5.02 Å². The SMILES string of the molecule is CC1(C)CCN(c2ccc(Cl)cc2C(N)=S)C1. The van der Waals surface area contributed by atoms with Crippen LogP contribution in [0.5, 0.6) is 0 Å². The maximum absolute atomic E-state index is 5.99. The maximum atomic E-state index is 5.99. The van der Waals surface area contributed by atoms with Crippen molar-refractivity contribution in [3.63, 3.8) is 0 Å². The highest BCUT2D eigenvalue weighted by atomic mass is 35.5. The lowest BCUT2D eigenvalue weighted by molar-refractivity contribution is 0.418. The van der Waals surface area contributed by atoms with Crippen molar-refractivity contribution in [1.29, 1.82) is 0 Å². The van der Waals surface area contributed by atoms with Gasteiger partial charge in [0.05, 0.1) is 0 Å².